The van der Waals surface area contributed by atoms with Crippen molar-refractivity contribution >= 4 is 0 Å². The van der Waals surface area contributed by atoms with E-state index in [4.69, 9.17) is 4.52 Å². The molecule has 1 aromatic carbocycles. The van der Waals surface area contributed by atoms with Gasteiger partial charge in [-0.15, -0.1) is 0 Å². The molecule has 0 unspecified atom stereocenters. The highest BCUT2D eigenvalue weighted by molar-refractivity contribution is 5.58. The number of aryl methyl sites for hydroxylation is 1. The normalized spacial score (nSPS) is 11.1. The summed E-state index contributed by atoms with van der Waals surface area (Å²) in [5, 5.41) is 4.02. The standard InChI is InChI=1S/C13H17N3O/c1-4-16(3)9-12-14-13(15-17-12)11-8-6-5-7-10(11)2/h5-8H,4,9H2,1-3H3. The van der Waals surface area contributed by atoms with Crippen molar-refractivity contribution in [3.05, 3.63) is 35.7 Å². The zero-order valence-corrected chi connectivity index (χ0v) is 10.5. The van der Waals surface area contributed by atoms with Gasteiger partial charge in [-0.1, -0.05) is 36.3 Å². The lowest BCUT2D eigenvalue weighted by Gasteiger charge is -2.08. The molecule has 0 aliphatic rings. The highest BCUT2D eigenvalue weighted by Gasteiger charge is 2.11. The molecule has 0 aliphatic carbocycles. The summed E-state index contributed by atoms with van der Waals surface area (Å²) in [5.41, 5.74) is 2.19. The minimum atomic E-state index is 0.660. The van der Waals surface area contributed by atoms with Gasteiger partial charge in [-0.3, -0.25) is 4.90 Å². The van der Waals surface area contributed by atoms with Crippen LogP contribution in [0.4, 0.5) is 0 Å². The van der Waals surface area contributed by atoms with Crippen LogP contribution < -0.4 is 0 Å². The maximum Gasteiger partial charge on any atom is 0.241 e. The number of nitrogens with zero attached hydrogens (tertiary/aromatic N) is 3. The van der Waals surface area contributed by atoms with Crippen molar-refractivity contribution in [2.75, 3.05) is 13.6 Å². The zero-order valence-electron chi connectivity index (χ0n) is 10.5. The number of rotatable bonds is 4. The molecular weight excluding hydrogens is 214 g/mol. The van der Waals surface area contributed by atoms with E-state index in [1.165, 1.54) is 0 Å². The molecule has 0 atom stereocenters. The van der Waals surface area contributed by atoms with Gasteiger partial charge in [0.2, 0.25) is 11.7 Å². The van der Waals surface area contributed by atoms with Crippen molar-refractivity contribution in [2.24, 2.45) is 0 Å². The molecule has 0 bridgehead atoms. The SMILES string of the molecule is CCN(C)Cc1nc(-c2ccccc2C)no1. The molecule has 0 amide bonds. The lowest BCUT2D eigenvalue weighted by atomic mass is 10.1. The van der Waals surface area contributed by atoms with Crippen molar-refractivity contribution in [3.63, 3.8) is 0 Å². The molecule has 1 heterocycles. The Hall–Kier alpha value is -1.68. The average molecular weight is 231 g/mol. The van der Waals surface area contributed by atoms with E-state index in [1.807, 2.05) is 38.2 Å². The molecule has 4 heteroatoms. The Balaban J connectivity index is 2.21. The fourth-order valence-electron chi connectivity index (χ4n) is 1.59. The van der Waals surface area contributed by atoms with Crippen LogP contribution in [0.5, 0.6) is 0 Å². The van der Waals surface area contributed by atoms with Gasteiger partial charge in [0.15, 0.2) is 0 Å². The van der Waals surface area contributed by atoms with Gasteiger partial charge >= 0.3 is 0 Å². The molecule has 0 spiro atoms. The van der Waals surface area contributed by atoms with Crippen molar-refractivity contribution in [2.45, 2.75) is 20.4 Å². The first kappa shape index (κ1) is 11.8. The van der Waals surface area contributed by atoms with E-state index >= 15 is 0 Å². The Labute approximate surface area is 101 Å². The Morgan fingerprint density at radius 1 is 1.29 bits per heavy atom. The molecule has 0 radical (unpaired) electrons. The molecule has 4 nitrogen and oxygen atoms in total. The molecule has 2 rings (SSSR count). The number of aromatic nitrogens is 2. The summed E-state index contributed by atoms with van der Waals surface area (Å²) in [6.45, 7) is 5.79. The number of benzene rings is 1. The van der Waals surface area contributed by atoms with Crippen LogP contribution in [0.15, 0.2) is 28.8 Å². The summed E-state index contributed by atoms with van der Waals surface area (Å²) in [6.07, 6.45) is 0. The second-order valence-corrected chi connectivity index (χ2v) is 4.16. The zero-order chi connectivity index (χ0) is 12.3. The third-order valence-corrected chi connectivity index (χ3v) is 2.80. The van der Waals surface area contributed by atoms with E-state index in [1.54, 1.807) is 0 Å². The van der Waals surface area contributed by atoms with E-state index < -0.39 is 0 Å². The average Bonchev–Trinajstić information content (AvgIpc) is 2.78. The van der Waals surface area contributed by atoms with Gasteiger partial charge in [-0.2, -0.15) is 4.98 Å². The molecule has 0 N–H and O–H groups in total. The molecule has 17 heavy (non-hydrogen) atoms. The van der Waals surface area contributed by atoms with Gasteiger partial charge in [0.05, 0.1) is 6.54 Å². The number of hydrogen-bond acceptors (Lipinski definition) is 4. The van der Waals surface area contributed by atoms with Crippen LogP contribution in [-0.4, -0.2) is 28.6 Å². The van der Waals surface area contributed by atoms with Crippen molar-refractivity contribution in [1.29, 1.82) is 0 Å². The van der Waals surface area contributed by atoms with E-state index in [0.29, 0.717) is 18.3 Å². The van der Waals surface area contributed by atoms with Crippen LogP contribution in [0.2, 0.25) is 0 Å². The predicted molar refractivity (Wildman–Crippen MR) is 66.5 cm³/mol. The van der Waals surface area contributed by atoms with Gasteiger partial charge in [0.25, 0.3) is 0 Å². The maximum atomic E-state index is 5.24. The molecular formula is C13H17N3O. The number of hydrogen-bond donors (Lipinski definition) is 0. The van der Waals surface area contributed by atoms with Gasteiger partial charge in [0, 0.05) is 5.56 Å². The first-order valence-corrected chi connectivity index (χ1v) is 5.78. The fourth-order valence-corrected chi connectivity index (χ4v) is 1.59. The van der Waals surface area contributed by atoms with Gasteiger partial charge in [-0.25, -0.2) is 0 Å². The molecule has 0 aliphatic heterocycles. The second kappa shape index (κ2) is 5.10. The third-order valence-electron chi connectivity index (χ3n) is 2.80. The van der Waals surface area contributed by atoms with Crippen LogP contribution in [0, 0.1) is 6.92 Å². The predicted octanol–water partition coefficient (Wildman–Crippen LogP) is 2.50. The Kier molecular flexibility index (Phi) is 3.54. The van der Waals surface area contributed by atoms with Crippen molar-refractivity contribution in [3.8, 4) is 11.4 Å². The van der Waals surface area contributed by atoms with E-state index in [9.17, 15) is 0 Å². The lowest BCUT2D eigenvalue weighted by Crippen LogP contribution is -2.16. The Morgan fingerprint density at radius 3 is 2.76 bits per heavy atom. The van der Waals surface area contributed by atoms with Gasteiger partial charge in [0.1, 0.15) is 0 Å². The summed E-state index contributed by atoms with van der Waals surface area (Å²) in [6, 6.07) is 8.04. The fraction of sp³-hybridized carbons (Fsp3) is 0.385. The second-order valence-electron chi connectivity index (χ2n) is 4.16. The van der Waals surface area contributed by atoms with E-state index in [-0.39, 0.29) is 0 Å². The van der Waals surface area contributed by atoms with Gasteiger partial charge in [-0.05, 0) is 26.1 Å². The Bertz CT molecular complexity index is 493. The van der Waals surface area contributed by atoms with Crippen LogP contribution in [-0.2, 0) is 6.54 Å². The van der Waals surface area contributed by atoms with Crippen LogP contribution in [0.3, 0.4) is 0 Å². The smallest absolute Gasteiger partial charge is 0.241 e. The molecule has 90 valence electrons. The quantitative estimate of drug-likeness (QED) is 0.810. The summed E-state index contributed by atoms with van der Waals surface area (Å²) in [4.78, 5) is 6.53. The summed E-state index contributed by atoms with van der Waals surface area (Å²) < 4.78 is 5.24. The third kappa shape index (κ3) is 2.71. The van der Waals surface area contributed by atoms with E-state index in [0.717, 1.165) is 17.7 Å². The van der Waals surface area contributed by atoms with Crippen LogP contribution >= 0.6 is 0 Å². The lowest BCUT2D eigenvalue weighted by molar-refractivity contribution is 0.276. The van der Waals surface area contributed by atoms with Crippen LogP contribution in [0.1, 0.15) is 18.4 Å². The molecule has 0 saturated carbocycles. The topological polar surface area (TPSA) is 42.2 Å². The molecule has 0 fully saturated rings. The van der Waals surface area contributed by atoms with E-state index in [2.05, 4.69) is 22.0 Å². The first-order chi connectivity index (χ1) is 8.20. The molecule has 1 aromatic heterocycles. The largest absolute Gasteiger partial charge is 0.338 e. The summed E-state index contributed by atoms with van der Waals surface area (Å²) in [5.74, 6) is 1.33. The maximum absolute atomic E-state index is 5.24. The summed E-state index contributed by atoms with van der Waals surface area (Å²) in [7, 11) is 2.03. The monoisotopic (exact) mass is 231 g/mol. The van der Waals surface area contributed by atoms with Crippen molar-refractivity contribution in [1.82, 2.24) is 15.0 Å². The highest BCUT2D eigenvalue weighted by atomic mass is 16.5. The Morgan fingerprint density at radius 2 is 2.06 bits per heavy atom. The van der Waals surface area contributed by atoms with Crippen LogP contribution in [0.25, 0.3) is 11.4 Å². The first-order valence-electron chi connectivity index (χ1n) is 5.78. The highest BCUT2D eigenvalue weighted by Crippen LogP contribution is 2.19. The van der Waals surface area contributed by atoms with Crippen molar-refractivity contribution < 1.29 is 4.52 Å². The minimum absolute atomic E-state index is 0.660. The molecule has 0 saturated heterocycles. The molecule has 2 aromatic rings. The minimum Gasteiger partial charge on any atom is -0.338 e. The summed E-state index contributed by atoms with van der Waals surface area (Å²) >= 11 is 0. The van der Waals surface area contributed by atoms with Gasteiger partial charge < -0.3 is 4.52 Å².